The van der Waals surface area contributed by atoms with Gasteiger partial charge < -0.3 is 9.47 Å². The number of rotatable bonds is 3. The highest BCUT2D eigenvalue weighted by Crippen LogP contribution is 2.64. The lowest BCUT2D eigenvalue weighted by atomic mass is 9.55. The molecule has 2 saturated heterocycles. The Morgan fingerprint density at radius 3 is 3.12 bits per heavy atom. The van der Waals surface area contributed by atoms with E-state index in [2.05, 4.69) is 6.58 Å². The fraction of sp³-hybridized carbons (Fsp3) is 0.769. The van der Waals surface area contributed by atoms with Crippen molar-refractivity contribution in [3.05, 3.63) is 12.7 Å². The van der Waals surface area contributed by atoms with E-state index >= 15 is 0 Å². The normalized spacial score (nSPS) is 49.2. The zero-order valence-corrected chi connectivity index (χ0v) is 9.70. The average molecular weight is 222 g/mol. The highest BCUT2D eigenvalue weighted by molar-refractivity contribution is 5.80. The minimum Gasteiger partial charge on any atom is -0.456 e. The summed E-state index contributed by atoms with van der Waals surface area (Å²) in [7, 11) is 0. The van der Waals surface area contributed by atoms with Gasteiger partial charge in [0.15, 0.2) is 0 Å². The van der Waals surface area contributed by atoms with E-state index in [1.807, 2.05) is 13.0 Å². The highest BCUT2D eigenvalue weighted by Gasteiger charge is 2.75. The standard InChI is InChI=1S/C13H18O3/c1-3-4-6-12(2)13-9(5-7-15-13)8-10(13)11(14)16-12/h3,9-10H,1,4-8H2,2H3/t9?,10-,12+,13+/m0/s1. The van der Waals surface area contributed by atoms with Crippen molar-refractivity contribution in [1.29, 1.82) is 0 Å². The molecule has 3 nitrogen and oxygen atoms in total. The van der Waals surface area contributed by atoms with Gasteiger partial charge in [0.05, 0.1) is 5.92 Å². The van der Waals surface area contributed by atoms with Crippen molar-refractivity contribution in [2.45, 2.75) is 43.8 Å². The van der Waals surface area contributed by atoms with Crippen LogP contribution in [-0.2, 0) is 14.3 Å². The molecular formula is C13H18O3. The lowest BCUT2D eigenvalue weighted by Gasteiger charge is -2.51. The number of allylic oxidation sites excluding steroid dienone is 1. The summed E-state index contributed by atoms with van der Waals surface area (Å²) in [6.45, 7) is 6.55. The van der Waals surface area contributed by atoms with Gasteiger partial charge in [-0.1, -0.05) is 6.08 Å². The molecule has 3 fully saturated rings. The molecule has 2 heterocycles. The van der Waals surface area contributed by atoms with Gasteiger partial charge in [-0.15, -0.1) is 6.58 Å². The average Bonchev–Trinajstić information content (AvgIpc) is 2.61. The molecule has 4 atom stereocenters. The first-order valence-corrected chi connectivity index (χ1v) is 6.12. The summed E-state index contributed by atoms with van der Waals surface area (Å²) in [5, 5.41) is 0. The van der Waals surface area contributed by atoms with Crippen LogP contribution in [0.2, 0.25) is 0 Å². The summed E-state index contributed by atoms with van der Waals surface area (Å²) in [5.41, 5.74) is -0.727. The van der Waals surface area contributed by atoms with Crippen molar-refractivity contribution < 1.29 is 14.3 Å². The lowest BCUT2D eigenvalue weighted by Crippen LogP contribution is -2.63. The smallest absolute Gasteiger partial charge is 0.312 e. The summed E-state index contributed by atoms with van der Waals surface area (Å²) in [6.07, 6.45) is 5.62. The van der Waals surface area contributed by atoms with Gasteiger partial charge in [0.25, 0.3) is 0 Å². The van der Waals surface area contributed by atoms with Gasteiger partial charge in [0, 0.05) is 6.61 Å². The van der Waals surface area contributed by atoms with Crippen molar-refractivity contribution in [1.82, 2.24) is 0 Å². The summed E-state index contributed by atoms with van der Waals surface area (Å²) in [4.78, 5) is 11.8. The van der Waals surface area contributed by atoms with Crippen LogP contribution < -0.4 is 0 Å². The largest absolute Gasteiger partial charge is 0.456 e. The number of ether oxygens (including phenoxy) is 2. The van der Waals surface area contributed by atoms with Crippen LogP contribution in [-0.4, -0.2) is 23.8 Å². The van der Waals surface area contributed by atoms with Crippen molar-refractivity contribution in [2.24, 2.45) is 11.8 Å². The maximum absolute atomic E-state index is 11.8. The molecule has 0 bridgehead atoms. The molecule has 1 spiro atoms. The number of carbonyl (C=O) groups is 1. The molecule has 0 radical (unpaired) electrons. The summed E-state index contributed by atoms with van der Waals surface area (Å²) in [6, 6.07) is 0. The summed E-state index contributed by atoms with van der Waals surface area (Å²) >= 11 is 0. The molecule has 0 aromatic carbocycles. The quantitative estimate of drug-likeness (QED) is 0.541. The Kier molecular flexibility index (Phi) is 2.00. The van der Waals surface area contributed by atoms with Crippen LogP contribution in [0.15, 0.2) is 12.7 Å². The van der Waals surface area contributed by atoms with Gasteiger partial charge in [-0.3, -0.25) is 4.79 Å². The number of cyclic esters (lactones) is 1. The highest BCUT2D eigenvalue weighted by atomic mass is 16.6. The molecule has 3 heteroatoms. The van der Waals surface area contributed by atoms with E-state index in [0.29, 0.717) is 5.92 Å². The molecule has 0 N–H and O–H groups in total. The first-order chi connectivity index (χ1) is 7.64. The van der Waals surface area contributed by atoms with Gasteiger partial charge in [0.2, 0.25) is 0 Å². The zero-order chi connectivity index (χ0) is 11.4. The van der Waals surface area contributed by atoms with Crippen LogP contribution in [0.3, 0.4) is 0 Å². The lowest BCUT2D eigenvalue weighted by molar-refractivity contribution is -0.185. The molecule has 1 unspecified atom stereocenters. The molecule has 0 aromatic heterocycles. The number of hydrogen-bond donors (Lipinski definition) is 0. The van der Waals surface area contributed by atoms with E-state index in [1.165, 1.54) is 0 Å². The topological polar surface area (TPSA) is 35.5 Å². The van der Waals surface area contributed by atoms with Crippen molar-refractivity contribution in [3.63, 3.8) is 0 Å². The molecule has 1 aliphatic carbocycles. The second-order valence-corrected chi connectivity index (χ2v) is 5.39. The van der Waals surface area contributed by atoms with Crippen molar-refractivity contribution in [2.75, 3.05) is 6.61 Å². The van der Waals surface area contributed by atoms with Crippen LogP contribution in [0.25, 0.3) is 0 Å². The van der Waals surface area contributed by atoms with E-state index in [9.17, 15) is 4.79 Å². The van der Waals surface area contributed by atoms with E-state index in [4.69, 9.17) is 9.47 Å². The summed E-state index contributed by atoms with van der Waals surface area (Å²) < 4.78 is 11.6. The monoisotopic (exact) mass is 222 g/mol. The molecule has 88 valence electrons. The van der Waals surface area contributed by atoms with Gasteiger partial charge >= 0.3 is 5.97 Å². The van der Waals surface area contributed by atoms with Gasteiger partial charge in [0.1, 0.15) is 11.2 Å². The van der Waals surface area contributed by atoms with Crippen LogP contribution >= 0.6 is 0 Å². The molecular weight excluding hydrogens is 204 g/mol. The maximum atomic E-state index is 11.8. The second kappa shape index (κ2) is 3.10. The fourth-order valence-corrected chi connectivity index (χ4v) is 3.90. The minimum absolute atomic E-state index is 0.00480. The molecule has 1 saturated carbocycles. The Morgan fingerprint density at radius 2 is 2.44 bits per heavy atom. The molecule has 3 rings (SSSR count). The molecule has 0 amide bonds. The molecule has 0 aromatic rings. The first-order valence-electron chi connectivity index (χ1n) is 6.12. The van der Waals surface area contributed by atoms with E-state index in [-0.39, 0.29) is 17.5 Å². The van der Waals surface area contributed by atoms with E-state index < -0.39 is 5.60 Å². The Labute approximate surface area is 95.8 Å². The van der Waals surface area contributed by atoms with Crippen LogP contribution in [0.1, 0.15) is 32.6 Å². The third-order valence-corrected chi connectivity index (χ3v) is 4.71. The van der Waals surface area contributed by atoms with Crippen molar-refractivity contribution in [3.8, 4) is 0 Å². The van der Waals surface area contributed by atoms with E-state index in [0.717, 1.165) is 32.3 Å². The predicted octanol–water partition coefficient (Wildman–Crippen LogP) is 2.06. The number of carbonyl (C=O) groups excluding carboxylic acids is 1. The van der Waals surface area contributed by atoms with Gasteiger partial charge in [-0.2, -0.15) is 0 Å². The Morgan fingerprint density at radius 1 is 1.62 bits per heavy atom. The summed E-state index contributed by atoms with van der Waals surface area (Å²) in [5.74, 6) is 0.471. The Bertz CT molecular complexity index is 351. The number of hydrogen-bond acceptors (Lipinski definition) is 3. The minimum atomic E-state index is -0.428. The van der Waals surface area contributed by atoms with Crippen molar-refractivity contribution >= 4 is 5.97 Å². The first kappa shape index (κ1) is 10.3. The SMILES string of the molecule is C=CCC[C@@]1(C)OC(=O)[C@@H]2CC3CCO[C@]321. The van der Waals surface area contributed by atoms with Crippen LogP contribution in [0.5, 0.6) is 0 Å². The zero-order valence-electron chi connectivity index (χ0n) is 9.70. The maximum Gasteiger partial charge on any atom is 0.312 e. The molecule has 3 aliphatic rings. The number of esters is 1. The Hall–Kier alpha value is -0.830. The van der Waals surface area contributed by atoms with Crippen LogP contribution in [0, 0.1) is 11.8 Å². The molecule has 2 aliphatic heterocycles. The third-order valence-electron chi connectivity index (χ3n) is 4.71. The fourth-order valence-electron chi connectivity index (χ4n) is 3.90. The Balaban J connectivity index is 1.93. The third kappa shape index (κ3) is 0.956. The second-order valence-electron chi connectivity index (χ2n) is 5.39. The predicted molar refractivity (Wildman–Crippen MR) is 58.8 cm³/mol. The molecule has 16 heavy (non-hydrogen) atoms. The van der Waals surface area contributed by atoms with E-state index in [1.54, 1.807) is 0 Å². The van der Waals surface area contributed by atoms with Crippen LogP contribution in [0.4, 0.5) is 0 Å². The van der Waals surface area contributed by atoms with Gasteiger partial charge in [-0.25, -0.2) is 0 Å². The van der Waals surface area contributed by atoms with Gasteiger partial charge in [-0.05, 0) is 38.5 Å².